The Morgan fingerprint density at radius 1 is 1.20 bits per heavy atom. The van der Waals surface area contributed by atoms with Crippen molar-refractivity contribution in [3.05, 3.63) is 28.5 Å². The summed E-state index contributed by atoms with van der Waals surface area (Å²) in [6, 6.07) is 1.71. The van der Waals surface area contributed by atoms with Gasteiger partial charge in [0.05, 0.1) is 24.0 Å². The molecule has 2 bridgehead atoms. The minimum absolute atomic E-state index is 0.0134. The summed E-state index contributed by atoms with van der Waals surface area (Å²) in [5, 5.41) is 0.382. The third kappa shape index (κ3) is 1.49. The third-order valence-electron chi connectivity index (χ3n) is 4.93. The van der Waals surface area contributed by atoms with E-state index in [4.69, 9.17) is 16.3 Å². The van der Waals surface area contributed by atoms with Gasteiger partial charge in [0.15, 0.2) is 11.6 Å². The van der Waals surface area contributed by atoms with Crippen molar-refractivity contribution >= 4 is 23.2 Å². The maximum absolute atomic E-state index is 12.7. The van der Waals surface area contributed by atoms with Gasteiger partial charge in [-0.15, -0.1) is 0 Å². The fourth-order valence-corrected chi connectivity index (χ4v) is 4.28. The molecule has 5 heteroatoms. The predicted octanol–water partition coefficient (Wildman–Crippen LogP) is 2.07. The smallest absolute Gasteiger partial charge is 0.154 e. The van der Waals surface area contributed by atoms with Crippen molar-refractivity contribution in [2.24, 2.45) is 11.8 Å². The van der Waals surface area contributed by atoms with E-state index in [9.17, 15) is 9.59 Å². The number of carbonyl (C=O) groups is 2. The van der Waals surface area contributed by atoms with E-state index < -0.39 is 5.92 Å². The van der Waals surface area contributed by atoms with Crippen LogP contribution in [0.1, 0.15) is 29.9 Å². The second kappa shape index (κ2) is 4.12. The predicted molar refractivity (Wildman–Crippen MR) is 71.6 cm³/mol. The van der Waals surface area contributed by atoms with Crippen LogP contribution in [-0.4, -0.2) is 28.8 Å². The van der Waals surface area contributed by atoms with Gasteiger partial charge in [-0.2, -0.15) is 0 Å². The van der Waals surface area contributed by atoms with Crippen molar-refractivity contribution in [1.82, 2.24) is 4.98 Å². The highest BCUT2D eigenvalue weighted by Gasteiger charge is 2.63. The molecule has 1 aromatic heterocycles. The Balaban J connectivity index is 1.77. The fourth-order valence-electron chi connectivity index (χ4n) is 4.07. The van der Waals surface area contributed by atoms with Gasteiger partial charge in [0.2, 0.25) is 0 Å². The molecule has 4 rings (SSSR count). The lowest BCUT2D eigenvalue weighted by molar-refractivity contribution is -0.127. The summed E-state index contributed by atoms with van der Waals surface area (Å²) in [5.41, 5.74) is 1.56. The number of hydrogen-bond donors (Lipinski definition) is 0. The van der Waals surface area contributed by atoms with E-state index in [1.165, 1.54) is 0 Å². The lowest BCUT2D eigenvalue weighted by Gasteiger charge is -2.16. The first-order valence-electron chi connectivity index (χ1n) is 6.93. The average Bonchev–Trinajstić information content (AvgIpc) is 3.06. The zero-order valence-corrected chi connectivity index (χ0v) is 11.8. The van der Waals surface area contributed by atoms with Gasteiger partial charge in [-0.05, 0) is 37.0 Å². The van der Waals surface area contributed by atoms with Crippen molar-refractivity contribution in [2.45, 2.75) is 37.9 Å². The van der Waals surface area contributed by atoms with Gasteiger partial charge in [0.25, 0.3) is 0 Å². The largest absolute Gasteiger partial charge is 0.373 e. The highest BCUT2D eigenvalue weighted by Crippen LogP contribution is 2.52. The van der Waals surface area contributed by atoms with E-state index in [1.54, 1.807) is 12.3 Å². The molecule has 2 aliphatic heterocycles. The third-order valence-corrected chi connectivity index (χ3v) is 5.13. The van der Waals surface area contributed by atoms with Gasteiger partial charge in [0, 0.05) is 6.20 Å². The number of ketones is 2. The zero-order chi connectivity index (χ0) is 14.0. The summed E-state index contributed by atoms with van der Waals surface area (Å²) in [6.45, 7) is 1.86. The monoisotopic (exact) mass is 291 g/mol. The first-order valence-corrected chi connectivity index (χ1v) is 7.30. The lowest BCUT2D eigenvalue weighted by atomic mass is 9.81. The molecule has 3 heterocycles. The molecule has 1 saturated carbocycles. The number of ether oxygens (including phenoxy) is 1. The van der Waals surface area contributed by atoms with E-state index in [-0.39, 0.29) is 35.6 Å². The Labute approximate surface area is 121 Å². The van der Waals surface area contributed by atoms with Crippen LogP contribution in [0.25, 0.3) is 0 Å². The molecule has 2 saturated heterocycles. The number of halogens is 1. The molecule has 4 unspecified atom stereocenters. The fraction of sp³-hybridized carbons (Fsp3) is 0.533. The van der Waals surface area contributed by atoms with Crippen LogP contribution in [0, 0.1) is 18.8 Å². The molecule has 20 heavy (non-hydrogen) atoms. The number of carbonyl (C=O) groups excluding carboxylic acids is 2. The summed E-state index contributed by atoms with van der Waals surface area (Å²) >= 11 is 5.85. The van der Waals surface area contributed by atoms with Gasteiger partial charge in [-0.25, -0.2) is 4.98 Å². The standard InChI is InChI=1S/C15H14ClNO3/c1-6-4-10(16)17-5-7(6)11-14(18)12-8-2-3-9(20-8)13(12)15(11)19/h4-5,8-9,11-13H,2-3H2,1H3. The van der Waals surface area contributed by atoms with Crippen LogP contribution in [0.4, 0.5) is 0 Å². The number of hydrogen-bond acceptors (Lipinski definition) is 4. The van der Waals surface area contributed by atoms with Gasteiger partial charge in [-0.3, -0.25) is 9.59 Å². The van der Waals surface area contributed by atoms with E-state index >= 15 is 0 Å². The molecule has 4 nitrogen and oxygen atoms in total. The molecule has 1 aliphatic carbocycles. The molecule has 0 N–H and O–H groups in total. The molecule has 104 valence electrons. The summed E-state index contributed by atoms with van der Waals surface area (Å²) in [4.78, 5) is 29.4. The molecule has 0 radical (unpaired) electrons. The maximum atomic E-state index is 12.7. The molecule has 0 spiro atoms. The van der Waals surface area contributed by atoms with E-state index in [0.29, 0.717) is 10.7 Å². The van der Waals surface area contributed by atoms with E-state index in [1.807, 2.05) is 6.92 Å². The molecule has 1 aromatic rings. The van der Waals surface area contributed by atoms with Gasteiger partial charge in [-0.1, -0.05) is 11.6 Å². The number of pyridine rings is 1. The highest BCUT2D eigenvalue weighted by atomic mass is 35.5. The van der Waals surface area contributed by atoms with Crippen LogP contribution in [0.2, 0.25) is 5.15 Å². The van der Waals surface area contributed by atoms with Crippen molar-refractivity contribution in [3.8, 4) is 0 Å². The molecule has 4 atom stereocenters. The SMILES string of the molecule is Cc1cc(Cl)ncc1C1C(=O)C2C3CCC(O3)C2C1=O. The lowest BCUT2D eigenvalue weighted by Crippen LogP contribution is -2.29. The van der Waals surface area contributed by atoms with Gasteiger partial charge in [0.1, 0.15) is 11.1 Å². The highest BCUT2D eigenvalue weighted by molar-refractivity contribution is 6.29. The second-order valence-corrected chi connectivity index (χ2v) is 6.33. The maximum Gasteiger partial charge on any atom is 0.154 e. The first-order chi connectivity index (χ1) is 9.58. The Bertz CT molecular complexity index is 602. The van der Waals surface area contributed by atoms with Crippen molar-refractivity contribution in [1.29, 1.82) is 0 Å². The van der Waals surface area contributed by atoms with Crippen molar-refractivity contribution in [3.63, 3.8) is 0 Å². The average molecular weight is 292 g/mol. The summed E-state index contributed by atoms with van der Waals surface area (Å²) in [7, 11) is 0. The number of nitrogens with zero attached hydrogens (tertiary/aromatic N) is 1. The van der Waals surface area contributed by atoms with Crippen LogP contribution in [0.15, 0.2) is 12.3 Å². The van der Waals surface area contributed by atoms with Crippen LogP contribution >= 0.6 is 11.6 Å². The Morgan fingerprint density at radius 2 is 1.80 bits per heavy atom. The van der Waals surface area contributed by atoms with Crippen LogP contribution < -0.4 is 0 Å². The van der Waals surface area contributed by atoms with Crippen molar-refractivity contribution < 1.29 is 14.3 Å². The van der Waals surface area contributed by atoms with E-state index in [2.05, 4.69) is 4.98 Å². The minimum atomic E-state index is -0.665. The topological polar surface area (TPSA) is 56.3 Å². The van der Waals surface area contributed by atoms with E-state index in [0.717, 1.165) is 18.4 Å². The Hall–Kier alpha value is -1.26. The normalized spacial score (nSPS) is 38.6. The zero-order valence-electron chi connectivity index (χ0n) is 11.0. The Kier molecular flexibility index (Phi) is 2.57. The van der Waals surface area contributed by atoms with Gasteiger partial charge >= 0.3 is 0 Å². The Morgan fingerprint density at radius 3 is 2.35 bits per heavy atom. The molecular formula is C15H14ClNO3. The van der Waals surface area contributed by atoms with Crippen LogP contribution in [0.5, 0.6) is 0 Å². The summed E-state index contributed by atoms with van der Waals surface area (Å²) < 4.78 is 5.74. The first kappa shape index (κ1) is 12.5. The molecule has 0 aromatic carbocycles. The molecular weight excluding hydrogens is 278 g/mol. The minimum Gasteiger partial charge on any atom is -0.373 e. The summed E-state index contributed by atoms with van der Waals surface area (Å²) in [6.07, 6.45) is 3.27. The number of fused-ring (bicyclic) bond motifs is 5. The number of rotatable bonds is 1. The second-order valence-electron chi connectivity index (χ2n) is 5.94. The van der Waals surface area contributed by atoms with Crippen LogP contribution in [-0.2, 0) is 14.3 Å². The summed E-state index contributed by atoms with van der Waals surface area (Å²) in [5.74, 6) is -1.11. The number of aromatic nitrogens is 1. The quantitative estimate of drug-likeness (QED) is 0.587. The number of aryl methyl sites for hydroxylation is 1. The molecule has 3 aliphatic rings. The van der Waals surface area contributed by atoms with Gasteiger partial charge < -0.3 is 4.74 Å². The number of Topliss-reactive ketones (excluding diaryl/α,β-unsaturated/α-hetero) is 2. The van der Waals surface area contributed by atoms with Crippen LogP contribution in [0.3, 0.4) is 0 Å². The molecule has 3 fully saturated rings. The molecule has 0 amide bonds. The van der Waals surface area contributed by atoms with Crippen molar-refractivity contribution in [2.75, 3.05) is 0 Å².